The number of halogens is 1. The smallest absolute Gasteiger partial charge is 0.329 e. The van der Waals surface area contributed by atoms with Crippen LogP contribution in [0, 0.1) is 23.6 Å². The Morgan fingerprint density at radius 3 is 2.05 bits per heavy atom. The van der Waals surface area contributed by atoms with Gasteiger partial charge in [-0.15, -0.1) is 0 Å². The Labute approximate surface area is 376 Å². The number of hydrogen-bond acceptors (Lipinski definition) is 8. The number of carbonyl (C=O) groups is 4. The first kappa shape index (κ1) is 47.7. The number of benzene rings is 3. The number of fused-ring (bicyclic) bond motifs is 2. The standard InChI is InChI=1S/C50H65FN6O7/c1-9-33-27-34-21-22-50(49(61)62,37(28-33)29-34)52-46(58)40-31-42(45-43(63-7)13-10-14-44(45)64-8)57(53-40)41-20-17-36(30-39(41)32(2)3)48(60)56(6)26-12-24-54(4)23-11-25-55(5)47(59)35-15-18-38(51)19-16-35/h10,13-20,30-34,37H,9,11-12,21-29H2,1-8H3,(H,52,58)(H,61,62). The number of amides is 3. The number of rotatable bonds is 19. The summed E-state index contributed by atoms with van der Waals surface area (Å²) in [5.74, 6) is -0.594. The quantitative estimate of drug-likeness (QED) is 0.0953. The first-order valence-corrected chi connectivity index (χ1v) is 22.6. The number of carbonyl (C=O) groups excluding carboxylic acids is 3. The van der Waals surface area contributed by atoms with Crippen LogP contribution in [-0.2, 0) is 4.79 Å². The molecule has 0 saturated heterocycles. The van der Waals surface area contributed by atoms with Gasteiger partial charge in [-0.2, -0.15) is 5.10 Å². The highest BCUT2D eigenvalue weighted by Crippen LogP contribution is 2.49. The zero-order valence-electron chi connectivity index (χ0n) is 38.7. The number of aromatic nitrogens is 2. The van der Waals surface area contributed by atoms with E-state index >= 15 is 0 Å². The lowest BCUT2D eigenvalue weighted by Gasteiger charge is -2.49. The van der Waals surface area contributed by atoms with Crippen molar-refractivity contribution in [1.29, 1.82) is 0 Å². The lowest BCUT2D eigenvalue weighted by molar-refractivity contribution is -0.151. The molecule has 1 aromatic heterocycles. The number of carboxylic acids is 1. The zero-order chi connectivity index (χ0) is 46.3. The normalized spacial score (nSPS) is 19.3. The first-order chi connectivity index (χ1) is 30.6. The largest absolute Gasteiger partial charge is 0.496 e. The Hall–Kier alpha value is -5.76. The Bertz CT molecular complexity index is 2270. The number of methoxy groups -OCH3 is 2. The van der Waals surface area contributed by atoms with E-state index in [1.165, 1.54) is 24.3 Å². The molecule has 2 bridgehead atoms. The van der Waals surface area contributed by atoms with E-state index in [1.807, 2.05) is 39.1 Å². The number of ether oxygens (including phenoxy) is 2. The molecule has 13 nitrogen and oxygen atoms in total. The summed E-state index contributed by atoms with van der Waals surface area (Å²) >= 11 is 0. The molecule has 64 heavy (non-hydrogen) atoms. The van der Waals surface area contributed by atoms with Crippen molar-refractivity contribution in [3.8, 4) is 28.4 Å². The molecule has 2 fully saturated rings. The van der Waals surface area contributed by atoms with E-state index in [2.05, 4.69) is 17.1 Å². The minimum absolute atomic E-state index is 0.0543. The van der Waals surface area contributed by atoms with Gasteiger partial charge in [0.15, 0.2) is 5.69 Å². The molecule has 6 rings (SSSR count). The second kappa shape index (κ2) is 20.8. The van der Waals surface area contributed by atoms with Gasteiger partial charge in [0, 0.05) is 38.3 Å². The molecule has 1 heterocycles. The SMILES string of the molecule is CCC1CC2CCC(NC(=O)c3cc(-c4c(OC)cccc4OC)n(-c4ccc(C(=O)N(C)CCCN(C)CCCN(C)C(=O)c5ccc(F)cc5)cc4C(C)C)n3)(C(=O)O)C(C1)C2. The summed E-state index contributed by atoms with van der Waals surface area (Å²) in [5, 5.41) is 18.7. The Morgan fingerprint density at radius 1 is 0.859 bits per heavy atom. The minimum atomic E-state index is -1.40. The van der Waals surface area contributed by atoms with Crippen LogP contribution in [0.5, 0.6) is 11.5 Å². The molecule has 4 unspecified atom stereocenters. The van der Waals surface area contributed by atoms with Gasteiger partial charge in [-0.1, -0.05) is 33.3 Å². The van der Waals surface area contributed by atoms with E-state index in [1.54, 1.807) is 67.1 Å². The fourth-order valence-corrected chi connectivity index (χ4v) is 9.74. The van der Waals surface area contributed by atoms with Crippen LogP contribution in [-0.4, -0.2) is 120 Å². The predicted octanol–water partition coefficient (Wildman–Crippen LogP) is 8.16. The van der Waals surface area contributed by atoms with Crippen LogP contribution < -0.4 is 14.8 Å². The van der Waals surface area contributed by atoms with Gasteiger partial charge < -0.3 is 34.6 Å². The van der Waals surface area contributed by atoms with Crippen LogP contribution in [0.15, 0.2) is 66.7 Å². The second-order valence-corrected chi connectivity index (χ2v) is 18.1. The van der Waals surface area contributed by atoms with Crippen molar-refractivity contribution in [1.82, 2.24) is 29.8 Å². The van der Waals surface area contributed by atoms with Crippen LogP contribution in [0.3, 0.4) is 0 Å². The molecule has 3 amide bonds. The molecule has 2 N–H and O–H groups in total. The molecule has 2 aliphatic rings. The maximum Gasteiger partial charge on any atom is 0.329 e. The summed E-state index contributed by atoms with van der Waals surface area (Å²) in [4.78, 5) is 59.7. The fraction of sp³-hybridized carbons (Fsp3) is 0.500. The van der Waals surface area contributed by atoms with Gasteiger partial charge in [0.1, 0.15) is 22.9 Å². The number of carboxylic acid groups (broad SMARTS) is 1. The van der Waals surface area contributed by atoms with Crippen LogP contribution in [0.1, 0.15) is 115 Å². The van der Waals surface area contributed by atoms with Crippen LogP contribution in [0.4, 0.5) is 4.39 Å². The van der Waals surface area contributed by atoms with Crippen molar-refractivity contribution < 1.29 is 38.1 Å². The van der Waals surface area contributed by atoms with Crippen molar-refractivity contribution in [3.63, 3.8) is 0 Å². The molecule has 2 saturated carbocycles. The molecule has 0 spiro atoms. The third kappa shape index (κ3) is 10.4. The second-order valence-electron chi connectivity index (χ2n) is 18.1. The van der Waals surface area contributed by atoms with E-state index in [9.17, 15) is 28.7 Å². The average molecular weight is 881 g/mol. The summed E-state index contributed by atoms with van der Waals surface area (Å²) in [6.07, 6.45) is 6.24. The van der Waals surface area contributed by atoms with Crippen LogP contribution in [0.25, 0.3) is 16.9 Å². The lowest BCUT2D eigenvalue weighted by Crippen LogP contribution is -2.62. The molecule has 14 heteroatoms. The summed E-state index contributed by atoms with van der Waals surface area (Å²) in [6, 6.07) is 18.1. The van der Waals surface area contributed by atoms with E-state index in [0.717, 1.165) is 63.6 Å². The van der Waals surface area contributed by atoms with Crippen LogP contribution >= 0.6 is 0 Å². The van der Waals surface area contributed by atoms with Crippen molar-refractivity contribution in [2.24, 2.45) is 17.8 Å². The highest BCUT2D eigenvalue weighted by Gasteiger charge is 2.53. The molecule has 344 valence electrons. The van der Waals surface area contributed by atoms with Gasteiger partial charge in [0.2, 0.25) is 0 Å². The summed E-state index contributed by atoms with van der Waals surface area (Å²) in [6.45, 7) is 8.81. The monoisotopic (exact) mass is 880 g/mol. The third-order valence-corrected chi connectivity index (χ3v) is 13.4. The predicted molar refractivity (Wildman–Crippen MR) is 245 cm³/mol. The molecule has 2 aliphatic carbocycles. The van der Waals surface area contributed by atoms with E-state index in [4.69, 9.17) is 14.6 Å². The highest BCUT2D eigenvalue weighted by molar-refractivity contribution is 5.98. The molecular formula is C50H65FN6O7. The van der Waals surface area contributed by atoms with Crippen molar-refractivity contribution in [2.75, 3.05) is 61.5 Å². The average Bonchev–Trinajstić information content (AvgIpc) is 3.74. The zero-order valence-corrected chi connectivity index (χ0v) is 38.7. The van der Waals surface area contributed by atoms with Crippen LogP contribution in [0.2, 0.25) is 0 Å². The maximum absolute atomic E-state index is 14.4. The van der Waals surface area contributed by atoms with E-state index < -0.39 is 17.4 Å². The molecule has 0 aliphatic heterocycles. The Morgan fingerprint density at radius 2 is 1.47 bits per heavy atom. The summed E-state index contributed by atoms with van der Waals surface area (Å²) < 4.78 is 26.6. The summed E-state index contributed by atoms with van der Waals surface area (Å²) in [7, 11) is 8.67. The molecule has 0 radical (unpaired) electrons. The van der Waals surface area contributed by atoms with Crippen molar-refractivity contribution in [2.45, 2.75) is 83.6 Å². The van der Waals surface area contributed by atoms with Gasteiger partial charge in [-0.25, -0.2) is 13.9 Å². The van der Waals surface area contributed by atoms with Gasteiger partial charge in [0.25, 0.3) is 17.7 Å². The molecule has 4 atom stereocenters. The lowest BCUT2D eigenvalue weighted by atomic mass is 9.59. The number of aliphatic carboxylic acids is 1. The fourth-order valence-electron chi connectivity index (χ4n) is 9.74. The summed E-state index contributed by atoms with van der Waals surface area (Å²) in [5.41, 5.74) is 2.15. The van der Waals surface area contributed by atoms with Gasteiger partial charge in [-0.3, -0.25) is 14.4 Å². The van der Waals surface area contributed by atoms with E-state index in [0.29, 0.717) is 70.9 Å². The molecule has 3 aromatic carbocycles. The van der Waals surface area contributed by atoms with Gasteiger partial charge >= 0.3 is 5.97 Å². The highest BCUT2D eigenvalue weighted by atomic mass is 19.1. The van der Waals surface area contributed by atoms with Crippen molar-refractivity contribution in [3.05, 3.63) is 94.9 Å². The number of nitrogens with zero attached hydrogens (tertiary/aromatic N) is 5. The Kier molecular flexibility index (Phi) is 15.5. The Balaban J connectivity index is 1.20. The third-order valence-electron chi connectivity index (χ3n) is 13.4. The van der Waals surface area contributed by atoms with Crippen molar-refractivity contribution >= 4 is 23.7 Å². The topological polar surface area (TPSA) is 147 Å². The van der Waals surface area contributed by atoms with Gasteiger partial charge in [-0.05, 0) is 155 Å². The number of nitrogens with one attached hydrogen (secondary N) is 1. The minimum Gasteiger partial charge on any atom is -0.496 e. The van der Waals surface area contributed by atoms with Gasteiger partial charge in [0.05, 0.1) is 31.2 Å². The first-order valence-electron chi connectivity index (χ1n) is 22.6. The number of hydrogen-bond donors (Lipinski definition) is 2. The maximum atomic E-state index is 14.4. The molecular weight excluding hydrogens is 816 g/mol. The molecule has 4 aromatic rings. The van der Waals surface area contributed by atoms with E-state index in [-0.39, 0.29) is 35.2 Å².